The third-order valence-electron chi connectivity index (χ3n) is 2.26. The van der Waals surface area contributed by atoms with Crippen LogP contribution in [0.3, 0.4) is 0 Å². The van der Waals surface area contributed by atoms with E-state index in [1.54, 1.807) is 18.2 Å². The standard InChI is InChI=1S/C13H10ClNO2/c14-11-8-4-7-10(12(11)16)13(17)15-9-5-2-1-3-6-9/h1-8,16H,(H,15,17). The molecule has 0 saturated heterocycles. The van der Waals surface area contributed by atoms with Crippen LogP contribution in [-0.2, 0) is 0 Å². The lowest BCUT2D eigenvalue weighted by Crippen LogP contribution is -2.11. The lowest BCUT2D eigenvalue weighted by Gasteiger charge is -2.07. The van der Waals surface area contributed by atoms with E-state index in [1.165, 1.54) is 12.1 Å². The van der Waals surface area contributed by atoms with Crippen molar-refractivity contribution in [3.63, 3.8) is 0 Å². The van der Waals surface area contributed by atoms with Crippen molar-refractivity contribution in [1.82, 2.24) is 0 Å². The first kappa shape index (κ1) is 11.5. The molecule has 0 saturated carbocycles. The molecule has 17 heavy (non-hydrogen) atoms. The maximum absolute atomic E-state index is 11.9. The molecular weight excluding hydrogens is 238 g/mol. The Morgan fingerprint density at radius 2 is 1.76 bits per heavy atom. The van der Waals surface area contributed by atoms with E-state index in [9.17, 15) is 9.90 Å². The normalized spacial score (nSPS) is 9.94. The summed E-state index contributed by atoms with van der Waals surface area (Å²) in [5.41, 5.74) is 0.818. The molecule has 0 aromatic heterocycles. The average Bonchev–Trinajstić information content (AvgIpc) is 2.34. The molecule has 0 radical (unpaired) electrons. The van der Waals surface area contributed by atoms with Crippen LogP contribution in [0, 0.1) is 0 Å². The van der Waals surface area contributed by atoms with E-state index in [0.717, 1.165) is 0 Å². The van der Waals surface area contributed by atoms with Crippen molar-refractivity contribution < 1.29 is 9.90 Å². The largest absolute Gasteiger partial charge is 0.506 e. The van der Waals surface area contributed by atoms with Crippen LogP contribution in [0.25, 0.3) is 0 Å². The third kappa shape index (κ3) is 2.57. The van der Waals surface area contributed by atoms with Crippen LogP contribution < -0.4 is 5.32 Å². The lowest BCUT2D eigenvalue weighted by molar-refractivity contribution is 0.102. The molecular formula is C13H10ClNO2. The molecule has 0 aliphatic heterocycles. The van der Waals surface area contributed by atoms with Crippen molar-refractivity contribution in [2.24, 2.45) is 0 Å². The second-order valence-electron chi connectivity index (χ2n) is 3.46. The number of phenolic OH excluding ortho intramolecular Hbond substituents is 1. The van der Waals surface area contributed by atoms with Crippen LogP contribution in [0.15, 0.2) is 48.5 Å². The number of benzene rings is 2. The van der Waals surface area contributed by atoms with Gasteiger partial charge in [-0.05, 0) is 24.3 Å². The van der Waals surface area contributed by atoms with Gasteiger partial charge in [0, 0.05) is 5.69 Å². The highest BCUT2D eigenvalue weighted by atomic mass is 35.5. The second kappa shape index (κ2) is 4.89. The molecule has 86 valence electrons. The van der Waals surface area contributed by atoms with Gasteiger partial charge in [-0.15, -0.1) is 0 Å². The van der Waals surface area contributed by atoms with Crippen LogP contribution in [0.5, 0.6) is 5.75 Å². The van der Waals surface area contributed by atoms with Gasteiger partial charge in [-0.2, -0.15) is 0 Å². The van der Waals surface area contributed by atoms with Crippen LogP contribution in [-0.4, -0.2) is 11.0 Å². The molecule has 0 unspecified atom stereocenters. The summed E-state index contributed by atoms with van der Waals surface area (Å²) >= 11 is 5.73. The summed E-state index contributed by atoms with van der Waals surface area (Å²) in [6, 6.07) is 13.7. The van der Waals surface area contributed by atoms with Gasteiger partial charge in [0.15, 0.2) is 0 Å². The Bertz CT molecular complexity index is 540. The van der Waals surface area contributed by atoms with Crippen LogP contribution in [0.2, 0.25) is 5.02 Å². The zero-order valence-corrected chi connectivity index (χ0v) is 9.61. The molecule has 1 amide bonds. The number of nitrogens with one attached hydrogen (secondary N) is 1. The number of carbonyl (C=O) groups excluding carboxylic acids is 1. The number of hydrogen-bond acceptors (Lipinski definition) is 2. The summed E-state index contributed by atoms with van der Waals surface area (Å²) in [4.78, 5) is 11.9. The number of amides is 1. The molecule has 0 bridgehead atoms. The third-order valence-corrected chi connectivity index (χ3v) is 2.57. The van der Waals surface area contributed by atoms with E-state index in [0.29, 0.717) is 5.69 Å². The molecule has 0 heterocycles. The number of para-hydroxylation sites is 2. The van der Waals surface area contributed by atoms with Gasteiger partial charge in [0.2, 0.25) is 0 Å². The smallest absolute Gasteiger partial charge is 0.259 e. The molecule has 2 aromatic carbocycles. The Balaban J connectivity index is 2.24. The Morgan fingerprint density at radius 1 is 1.06 bits per heavy atom. The molecule has 4 heteroatoms. The minimum Gasteiger partial charge on any atom is -0.506 e. The number of hydrogen-bond donors (Lipinski definition) is 2. The second-order valence-corrected chi connectivity index (χ2v) is 3.86. The lowest BCUT2D eigenvalue weighted by atomic mass is 10.2. The number of aromatic hydroxyl groups is 1. The zero-order valence-electron chi connectivity index (χ0n) is 8.85. The zero-order chi connectivity index (χ0) is 12.3. The number of halogens is 1. The molecule has 0 atom stereocenters. The van der Waals surface area contributed by atoms with Crippen LogP contribution >= 0.6 is 11.6 Å². The minimum absolute atomic E-state index is 0.154. The van der Waals surface area contributed by atoms with Gasteiger partial charge < -0.3 is 10.4 Å². The monoisotopic (exact) mass is 247 g/mol. The number of carbonyl (C=O) groups is 1. The van der Waals surface area contributed by atoms with Gasteiger partial charge in [0.05, 0.1) is 10.6 Å². The van der Waals surface area contributed by atoms with E-state index >= 15 is 0 Å². The highest BCUT2D eigenvalue weighted by Gasteiger charge is 2.13. The van der Waals surface area contributed by atoms with Gasteiger partial charge in [-0.25, -0.2) is 0 Å². The summed E-state index contributed by atoms with van der Waals surface area (Å²) in [5, 5.41) is 12.5. The Hall–Kier alpha value is -2.00. The fraction of sp³-hybridized carbons (Fsp3) is 0. The molecule has 2 aromatic rings. The van der Waals surface area contributed by atoms with Gasteiger partial charge in [0.1, 0.15) is 5.75 Å². The first-order chi connectivity index (χ1) is 8.18. The molecule has 2 N–H and O–H groups in total. The van der Waals surface area contributed by atoms with Crippen molar-refractivity contribution >= 4 is 23.2 Å². The van der Waals surface area contributed by atoms with E-state index in [4.69, 9.17) is 11.6 Å². The quantitative estimate of drug-likeness (QED) is 0.856. The number of rotatable bonds is 2. The topological polar surface area (TPSA) is 49.3 Å². The van der Waals surface area contributed by atoms with E-state index in [2.05, 4.69) is 5.32 Å². The van der Waals surface area contributed by atoms with Crippen molar-refractivity contribution in [1.29, 1.82) is 0 Å². The predicted octanol–water partition coefficient (Wildman–Crippen LogP) is 3.30. The molecule has 3 nitrogen and oxygen atoms in total. The summed E-state index contributed by atoms with van der Waals surface area (Å²) < 4.78 is 0. The molecule has 0 fully saturated rings. The SMILES string of the molecule is O=C(Nc1ccccc1)c1cccc(Cl)c1O. The van der Waals surface area contributed by atoms with Gasteiger partial charge in [0.25, 0.3) is 5.91 Å². The number of phenols is 1. The molecule has 0 spiro atoms. The first-order valence-corrected chi connectivity index (χ1v) is 5.40. The number of anilines is 1. The molecule has 0 aliphatic rings. The van der Waals surface area contributed by atoms with Crippen LogP contribution in [0.4, 0.5) is 5.69 Å². The predicted molar refractivity (Wildman–Crippen MR) is 67.5 cm³/mol. The molecule has 2 rings (SSSR count). The van der Waals surface area contributed by atoms with Crippen LogP contribution in [0.1, 0.15) is 10.4 Å². The maximum atomic E-state index is 11.9. The van der Waals surface area contributed by atoms with Crippen molar-refractivity contribution in [2.75, 3.05) is 5.32 Å². The summed E-state index contributed by atoms with van der Waals surface area (Å²) in [5.74, 6) is -0.598. The molecule has 0 aliphatic carbocycles. The summed E-state index contributed by atoms with van der Waals surface area (Å²) in [7, 11) is 0. The highest BCUT2D eigenvalue weighted by Crippen LogP contribution is 2.27. The minimum atomic E-state index is -0.392. The highest BCUT2D eigenvalue weighted by molar-refractivity contribution is 6.32. The van der Waals surface area contributed by atoms with E-state index < -0.39 is 5.91 Å². The maximum Gasteiger partial charge on any atom is 0.259 e. The van der Waals surface area contributed by atoms with Crippen molar-refractivity contribution in [3.05, 3.63) is 59.1 Å². The van der Waals surface area contributed by atoms with Crippen molar-refractivity contribution in [2.45, 2.75) is 0 Å². The summed E-state index contributed by atoms with van der Waals surface area (Å²) in [6.07, 6.45) is 0. The fourth-order valence-corrected chi connectivity index (χ4v) is 1.59. The van der Waals surface area contributed by atoms with E-state index in [1.807, 2.05) is 18.2 Å². The van der Waals surface area contributed by atoms with E-state index in [-0.39, 0.29) is 16.3 Å². The van der Waals surface area contributed by atoms with Gasteiger partial charge in [-0.1, -0.05) is 35.9 Å². The summed E-state index contributed by atoms with van der Waals surface area (Å²) in [6.45, 7) is 0. The first-order valence-electron chi connectivity index (χ1n) is 5.02. The Labute approximate surface area is 104 Å². The van der Waals surface area contributed by atoms with Gasteiger partial charge >= 0.3 is 0 Å². The van der Waals surface area contributed by atoms with Gasteiger partial charge in [-0.3, -0.25) is 4.79 Å². The fourth-order valence-electron chi connectivity index (χ4n) is 1.42. The Kier molecular flexibility index (Phi) is 3.30. The average molecular weight is 248 g/mol. The van der Waals surface area contributed by atoms with Crippen molar-refractivity contribution in [3.8, 4) is 5.75 Å². The Morgan fingerprint density at radius 3 is 2.47 bits per heavy atom.